The highest BCUT2D eigenvalue weighted by molar-refractivity contribution is 6.10. The smallest absolute Gasteiger partial charge is 0.00130 e. The van der Waals surface area contributed by atoms with Crippen molar-refractivity contribution in [1.82, 2.24) is 0 Å². The molecule has 0 bridgehead atoms. The minimum Gasteiger partial charge on any atom is -0.0616 e. The molecule has 0 heteroatoms. The van der Waals surface area contributed by atoms with E-state index in [2.05, 4.69) is 97.1 Å². The Hall–Kier alpha value is -3.64. The lowest BCUT2D eigenvalue weighted by molar-refractivity contribution is 1.28. The maximum absolute atomic E-state index is 2.42. The number of rotatable bonds is 0. The maximum Gasteiger partial charge on any atom is -0.00130 e. The topological polar surface area (TPSA) is 0 Å². The molecule has 6 aromatic rings. The van der Waals surface area contributed by atoms with Crippen LogP contribution < -0.4 is 0 Å². The first kappa shape index (κ1) is 15.3. The molecule has 0 aromatic heterocycles. The molecule has 6 aromatic carbocycles. The molecule has 0 radical (unpaired) electrons. The zero-order valence-corrected chi connectivity index (χ0v) is 15.9. The van der Waals surface area contributed by atoms with Gasteiger partial charge in [-0.2, -0.15) is 0 Å². The van der Waals surface area contributed by atoms with Crippen LogP contribution in [0.4, 0.5) is 0 Å². The number of hydrogen-bond donors (Lipinski definition) is 0. The molecule has 0 amide bonds. The highest BCUT2D eigenvalue weighted by Gasteiger charge is 2.20. The molecular formula is C29H18. The fourth-order valence-corrected chi connectivity index (χ4v) is 5.14. The van der Waals surface area contributed by atoms with Crippen LogP contribution in [0.5, 0.6) is 0 Å². The summed E-state index contributed by atoms with van der Waals surface area (Å²) >= 11 is 0. The second kappa shape index (κ2) is 5.46. The van der Waals surface area contributed by atoms with Gasteiger partial charge in [0.1, 0.15) is 0 Å². The lowest BCUT2D eigenvalue weighted by Gasteiger charge is -2.09. The van der Waals surface area contributed by atoms with Gasteiger partial charge in [0.15, 0.2) is 0 Å². The number of hydrogen-bond acceptors (Lipinski definition) is 0. The van der Waals surface area contributed by atoms with E-state index >= 15 is 0 Å². The summed E-state index contributed by atoms with van der Waals surface area (Å²) in [6.45, 7) is 0. The molecule has 0 heterocycles. The molecule has 0 saturated carbocycles. The monoisotopic (exact) mass is 366 g/mol. The van der Waals surface area contributed by atoms with E-state index in [0.717, 1.165) is 6.42 Å². The first-order chi connectivity index (χ1) is 14.3. The Morgan fingerprint density at radius 1 is 0.379 bits per heavy atom. The summed E-state index contributed by atoms with van der Waals surface area (Å²) in [5, 5.41) is 10.6. The largest absolute Gasteiger partial charge is 0.0616 e. The van der Waals surface area contributed by atoms with Crippen molar-refractivity contribution in [3.8, 4) is 11.1 Å². The van der Waals surface area contributed by atoms with E-state index in [4.69, 9.17) is 0 Å². The van der Waals surface area contributed by atoms with Gasteiger partial charge in [0.25, 0.3) is 0 Å². The molecule has 0 aliphatic heterocycles. The van der Waals surface area contributed by atoms with E-state index in [0.29, 0.717) is 0 Å². The Labute approximate surface area is 169 Å². The summed E-state index contributed by atoms with van der Waals surface area (Å²) in [5.74, 6) is 0. The zero-order valence-electron chi connectivity index (χ0n) is 15.9. The van der Waals surface area contributed by atoms with Gasteiger partial charge in [0.05, 0.1) is 0 Å². The average molecular weight is 366 g/mol. The van der Waals surface area contributed by atoms with Gasteiger partial charge in [-0.3, -0.25) is 0 Å². The van der Waals surface area contributed by atoms with Gasteiger partial charge in [0.2, 0.25) is 0 Å². The van der Waals surface area contributed by atoms with Crippen LogP contribution in [0.15, 0.2) is 97.1 Å². The third kappa shape index (κ3) is 2.14. The molecule has 0 nitrogen and oxygen atoms in total. The van der Waals surface area contributed by atoms with Crippen LogP contribution in [0.1, 0.15) is 11.1 Å². The van der Waals surface area contributed by atoms with Gasteiger partial charge in [0, 0.05) is 0 Å². The van der Waals surface area contributed by atoms with Crippen LogP contribution >= 0.6 is 0 Å². The van der Waals surface area contributed by atoms with Gasteiger partial charge in [-0.15, -0.1) is 0 Å². The van der Waals surface area contributed by atoms with Crippen molar-refractivity contribution in [2.24, 2.45) is 0 Å². The standard InChI is InChI=1S/C29H18/c1-2-7-20-12-23-16-29-24(13-22(23)11-19(20)6-1)14-25-17-27-21(15-28(25)29)10-9-18-5-3-4-8-26(18)27/h1-13,15-17H,14H2. The van der Waals surface area contributed by atoms with E-state index in [1.54, 1.807) is 0 Å². The van der Waals surface area contributed by atoms with Crippen molar-refractivity contribution in [2.75, 3.05) is 0 Å². The molecule has 0 spiro atoms. The number of benzene rings is 6. The molecular weight excluding hydrogens is 348 g/mol. The predicted octanol–water partition coefficient (Wildman–Crippen LogP) is 7.87. The molecule has 7 rings (SSSR count). The maximum atomic E-state index is 2.42. The van der Waals surface area contributed by atoms with Crippen molar-refractivity contribution in [1.29, 1.82) is 0 Å². The highest BCUT2D eigenvalue weighted by Crippen LogP contribution is 2.42. The van der Waals surface area contributed by atoms with Crippen molar-refractivity contribution in [2.45, 2.75) is 6.42 Å². The van der Waals surface area contributed by atoms with Gasteiger partial charge in [-0.1, -0.05) is 66.7 Å². The third-order valence-corrected chi connectivity index (χ3v) is 6.57. The Morgan fingerprint density at radius 3 is 1.76 bits per heavy atom. The van der Waals surface area contributed by atoms with Crippen LogP contribution in [0.25, 0.3) is 54.2 Å². The molecule has 0 saturated heterocycles. The molecule has 0 N–H and O–H groups in total. The van der Waals surface area contributed by atoms with Crippen LogP contribution in [0, 0.1) is 0 Å². The van der Waals surface area contributed by atoms with Crippen molar-refractivity contribution >= 4 is 43.1 Å². The van der Waals surface area contributed by atoms with E-state index in [1.807, 2.05) is 0 Å². The van der Waals surface area contributed by atoms with Gasteiger partial charge in [-0.05, 0) is 102 Å². The number of fused-ring (bicyclic) bond motifs is 8. The lowest BCUT2D eigenvalue weighted by Crippen LogP contribution is -1.83. The summed E-state index contributed by atoms with van der Waals surface area (Å²) in [7, 11) is 0. The molecule has 1 aliphatic rings. The minimum atomic E-state index is 1.02. The van der Waals surface area contributed by atoms with E-state index < -0.39 is 0 Å². The van der Waals surface area contributed by atoms with Gasteiger partial charge < -0.3 is 0 Å². The Morgan fingerprint density at radius 2 is 0.966 bits per heavy atom. The zero-order chi connectivity index (χ0) is 18.9. The van der Waals surface area contributed by atoms with Crippen molar-refractivity contribution in [3.05, 3.63) is 108 Å². The van der Waals surface area contributed by atoms with Crippen LogP contribution in [0.2, 0.25) is 0 Å². The third-order valence-electron chi connectivity index (χ3n) is 6.57. The normalized spacial score (nSPS) is 12.7. The lowest BCUT2D eigenvalue weighted by atomic mass is 9.95. The second-order valence-corrected chi connectivity index (χ2v) is 8.25. The van der Waals surface area contributed by atoms with Gasteiger partial charge >= 0.3 is 0 Å². The first-order valence-electron chi connectivity index (χ1n) is 10.2. The van der Waals surface area contributed by atoms with E-state index in [9.17, 15) is 0 Å². The predicted molar refractivity (Wildman–Crippen MR) is 125 cm³/mol. The van der Waals surface area contributed by atoms with Crippen LogP contribution in [-0.2, 0) is 6.42 Å². The van der Waals surface area contributed by atoms with Crippen LogP contribution in [-0.4, -0.2) is 0 Å². The van der Waals surface area contributed by atoms with Crippen molar-refractivity contribution < 1.29 is 0 Å². The summed E-state index contributed by atoms with van der Waals surface area (Å²) in [4.78, 5) is 0. The Kier molecular flexibility index (Phi) is 2.88. The molecule has 29 heavy (non-hydrogen) atoms. The van der Waals surface area contributed by atoms with E-state index in [-0.39, 0.29) is 0 Å². The first-order valence-corrected chi connectivity index (χ1v) is 10.2. The fourth-order valence-electron chi connectivity index (χ4n) is 5.14. The van der Waals surface area contributed by atoms with E-state index in [1.165, 1.54) is 65.3 Å². The molecule has 134 valence electrons. The van der Waals surface area contributed by atoms with Gasteiger partial charge in [-0.25, -0.2) is 0 Å². The van der Waals surface area contributed by atoms with Crippen LogP contribution in [0.3, 0.4) is 0 Å². The quantitative estimate of drug-likeness (QED) is 0.189. The minimum absolute atomic E-state index is 1.02. The molecule has 0 atom stereocenters. The molecule has 0 fully saturated rings. The van der Waals surface area contributed by atoms with Crippen molar-refractivity contribution in [3.63, 3.8) is 0 Å². The Bertz CT molecular complexity index is 1610. The summed E-state index contributed by atoms with van der Waals surface area (Å²) in [6.07, 6.45) is 1.02. The summed E-state index contributed by atoms with van der Waals surface area (Å²) < 4.78 is 0. The fraction of sp³-hybridized carbons (Fsp3) is 0.0345. The second-order valence-electron chi connectivity index (χ2n) is 8.25. The Balaban J connectivity index is 1.51. The average Bonchev–Trinajstić information content (AvgIpc) is 3.10. The SMILES string of the molecule is c1ccc2cc3cc4c(cc3cc2c1)Cc1cc2c(ccc3ccccc32)cc1-4. The molecule has 0 unspecified atom stereocenters. The summed E-state index contributed by atoms with van der Waals surface area (Å²) in [6, 6.07) is 36.1. The molecule has 1 aliphatic carbocycles. The highest BCUT2D eigenvalue weighted by atomic mass is 14.2. The summed E-state index contributed by atoms with van der Waals surface area (Å²) in [5.41, 5.74) is 5.70.